The van der Waals surface area contributed by atoms with Crippen LogP contribution >= 0.6 is 11.3 Å². The second-order valence-corrected chi connectivity index (χ2v) is 10.3. The predicted molar refractivity (Wildman–Crippen MR) is 134 cm³/mol. The van der Waals surface area contributed by atoms with E-state index in [0.717, 1.165) is 34.2 Å². The van der Waals surface area contributed by atoms with Gasteiger partial charge in [0, 0.05) is 18.7 Å². The molecule has 2 amide bonds. The fourth-order valence-corrected chi connectivity index (χ4v) is 4.67. The van der Waals surface area contributed by atoms with Gasteiger partial charge in [-0.05, 0) is 69.9 Å². The minimum absolute atomic E-state index is 0.156. The van der Waals surface area contributed by atoms with Crippen LogP contribution in [0, 0.1) is 6.92 Å². The summed E-state index contributed by atoms with van der Waals surface area (Å²) in [5.41, 5.74) is 4.30. The SMILES string of the molecule is Cc1cc(C=C2CCN(C(=O)OC(C)(C)C)CC2)ccc1C(=O)Nc1nc2ccccc2s1. The maximum atomic E-state index is 12.8. The molecule has 1 N–H and O–H groups in total. The van der Waals surface area contributed by atoms with Crippen molar-refractivity contribution in [3.05, 3.63) is 64.7 Å². The predicted octanol–water partition coefficient (Wildman–Crippen LogP) is 6.27. The maximum Gasteiger partial charge on any atom is 0.410 e. The third-order valence-electron chi connectivity index (χ3n) is 5.44. The van der Waals surface area contributed by atoms with Crippen LogP contribution in [0.4, 0.5) is 9.93 Å². The quantitative estimate of drug-likeness (QED) is 0.497. The minimum Gasteiger partial charge on any atom is -0.444 e. The van der Waals surface area contributed by atoms with E-state index in [4.69, 9.17) is 4.74 Å². The number of aromatic nitrogens is 1. The van der Waals surface area contributed by atoms with E-state index in [2.05, 4.69) is 16.4 Å². The van der Waals surface area contributed by atoms with Crippen LogP contribution in [0.25, 0.3) is 16.3 Å². The Kier molecular flexibility index (Phi) is 6.51. The Morgan fingerprint density at radius 3 is 2.52 bits per heavy atom. The van der Waals surface area contributed by atoms with E-state index in [1.54, 1.807) is 4.90 Å². The molecule has 0 bridgehead atoms. The van der Waals surface area contributed by atoms with Crippen LogP contribution in [-0.4, -0.2) is 40.6 Å². The van der Waals surface area contributed by atoms with Gasteiger partial charge < -0.3 is 9.64 Å². The molecule has 1 aliphatic heterocycles. The first-order valence-electron chi connectivity index (χ1n) is 11.1. The number of benzene rings is 2. The van der Waals surface area contributed by atoms with Gasteiger partial charge in [-0.3, -0.25) is 10.1 Å². The molecule has 6 nitrogen and oxygen atoms in total. The first kappa shape index (κ1) is 23.0. The van der Waals surface area contributed by atoms with E-state index in [9.17, 15) is 9.59 Å². The zero-order valence-electron chi connectivity index (χ0n) is 19.5. The minimum atomic E-state index is -0.480. The molecule has 1 aromatic heterocycles. The molecular weight excluding hydrogens is 434 g/mol. The largest absolute Gasteiger partial charge is 0.444 e. The fourth-order valence-electron chi connectivity index (χ4n) is 3.80. The van der Waals surface area contributed by atoms with E-state index in [-0.39, 0.29) is 12.0 Å². The van der Waals surface area contributed by atoms with Gasteiger partial charge in [-0.2, -0.15) is 0 Å². The molecule has 172 valence electrons. The van der Waals surface area contributed by atoms with Gasteiger partial charge in [0.05, 0.1) is 10.2 Å². The van der Waals surface area contributed by atoms with Gasteiger partial charge in [0.15, 0.2) is 5.13 Å². The molecule has 0 saturated carbocycles. The van der Waals surface area contributed by atoms with E-state index >= 15 is 0 Å². The van der Waals surface area contributed by atoms with E-state index in [1.807, 2.05) is 70.2 Å². The van der Waals surface area contributed by atoms with E-state index in [0.29, 0.717) is 23.8 Å². The number of hydrogen-bond donors (Lipinski definition) is 1. The summed E-state index contributed by atoms with van der Waals surface area (Å²) in [6, 6.07) is 13.7. The van der Waals surface area contributed by atoms with Gasteiger partial charge >= 0.3 is 6.09 Å². The molecule has 1 saturated heterocycles. The molecule has 0 radical (unpaired) electrons. The summed E-state index contributed by atoms with van der Waals surface area (Å²) in [5, 5.41) is 3.53. The number of carbonyl (C=O) groups is 2. The van der Waals surface area contributed by atoms with Crippen LogP contribution in [0.3, 0.4) is 0 Å². The van der Waals surface area contributed by atoms with Crippen molar-refractivity contribution in [2.45, 2.75) is 46.1 Å². The summed E-state index contributed by atoms with van der Waals surface area (Å²) < 4.78 is 6.51. The third-order valence-corrected chi connectivity index (χ3v) is 6.39. The number of fused-ring (bicyclic) bond motifs is 1. The van der Waals surface area contributed by atoms with Crippen molar-refractivity contribution in [3.63, 3.8) is 0 Å². The van der Waals surface area contributed by atoms with Gasteiger partial charge in [0.2, 0.25) is 0 Å². The zero-order chi connectivity index (χ0) is 23.6. The van der Waals surface area contributed by atoms with Gasteiger partial charge in [0.25, 0.3) is 5.91 Å². The van der Waals surface area contributed by atoms with Crippen LogP contribution in [0.1, 0.15) is 55.1 Å². The monoisotopic (exact) mass is 463 g/mol. The number of para-hydroxylation sites is 1. The lowest BCUT2D eigenvalue weighted by atomic mass is 9.98. The number of likely N-dealkylation sites (tertiary alicyclic amines) is 1. The zero-order valence-corrected chi connectivity index (χ0v) is 20.3. The highest BCUT2D eigenvalue weighted by Gasteiger charge is 2.24. The van der Waals surface area contributed by atoms with Gasteiger partial charge in [-0.25, -0.2) is 9.78 Å². The standard InChI is InChI=1S/C26H29N3O3S/c1-17-15-19(16-18-11-13-29(14-12-18)25(31)32-26(2,3)4)9-10-20(17)23(30)28-24-27-21-7-5-6-8-22(21)33-24/h5-10,15-16H,11-14H2,1-4H3,(H,27,28,30). The molecule has 33 heavy (non-hydrogen) atoms. The second-order valence-electron chi connectivity index (χ2n) is 9.29. The fraction of sp³-hybridized carbons (Fsp3) is 0.346. The molecule has 1 aliphatic rings. The second kappa shape index (κ2) is 9.35. The van der Waals surface area contributed by atoms with Gasteiger partial charge in [-0.1, -0.05) is 47.3 Å². The topological polar surface area (TPSA) is 71.5 Å². The molecule has 2 aromatic carbocycles. The summed E-state index contributed by atoms with van der Waals surface area (Å²) in [4.78, 5) is 31.3. The van der Waals surface area contributed by atoms with Crippen molar-refractivity contribution < 1.29 is 14.3 Å². The highest BCUT2D eigenvalue weighted by Crippen LogP contribution is 2.27. The van der Waals surface area contributed by atoms with Gasteiger partial charge in [-0.15, -0.1) is 0 Å². The molecule has 0 unspecified atom stereocenters. The highest BCUT2D eigenvalue weighted by atomic mass is 32.1. The Morgan fingerprint density at radius 1 is 1.12 bits per heavy atom. The smallest absolute Gasteiger partial charge is 0.410 e. The van der Waals surface area contributed by atoms with Crippen molar-refractivity contribution in [3.8, 4) is 0 Å². The lowest BCUT2D eigenvalue weighted by Gasteiger charge is -2.31. The summed E-state index contributed by atoms with van der Waals surface area (Å²) in [6.07, 6.45) is 3.55. The number of hydrogen-bond acceptors (Lipinski definition) is 5. The maximum absolute atomic E-state index is 12.8. The molecule has 4 rings (SSSR count). The summed E-state index contributed by atoms with van der Waals surface area (Å²) in [5.74, 6) is -0.156. The van der Waals surface area contributed by atoms with Crippen molar-refractivity contribution in [2.75, 3.05) is 18.4 Å². The van der Waals surface area contributed by atoms with Crippen LogP contribution < -0.4 is 5.32 Å². The number of piperidine rings is 1. The number of ether oxygens (including phenoxy) is 1. The van der Waals surface area contributed by atoms with E-state index < -0.39 is 5.60 Å². The number of thiazole rings is 1. The molecule has 1 fully saturated rings. The summed E-state index contributed by atoms with van der Waals surface area (Å²) in [6.45, 7) is 8.90. The average molecular weight is 464 g/mol. The first-order chi connectivity index (χ1) is 15.7. The van der Waals surface area contributed by atoms with Crippen LogP contribution in [0.2, 0.25) is 0 Å². The number of aryl methyl sites for hydroxylation is 1. The Morgan fingerprint density at radius 2 is 1.85 bits per heavy atom. The van der Waals surface area contributed by atoms with Crippen LogP contribution in [0.5, 0.6) is 0 Å². The highest BCUT2D eigenvalue weighted by molar-refractivity contribution is 7.22. The van der Waals surface area contributed by atoms with Crippen molar-refractivity contribution >= 4 is 44.8 Å². The average Bonchev–Trinajstić information content (AvgIpc) is 3.15. The first-order valence-corrected chi connectivity index (χ1v) is 11.9. The number of nitrogens with zero attached hydrogens (tertiary/aromatic N) is 2. The Bertz CT molecular complexity index is 1180. The van der Waals surface area contributed by atoms with Crippen LogP contribution in [0.15, 0.2) is 48.0 Å². The lowest BCUT2D eigenvalue weighted by Crippen LogP contribution is -2.40. The Balaban J connectivity index is 1.39. The van der Waals surface area contributed by atoms with Crippen molar-refractivity contribution in [2.24, 2.45) is 0 Å². The molecule has 2 heterocycles. The number of amides is 2. The number of anilines is 1. The number of rotatable bonds is 3. The van der Waals surface area contributed by atoms with E-state index in [1.165, 1.54) is 16.9 Å². The molecule has 7 heteroatoms. The van der Waals surface area contributed by atoms with Gasteiger partial charge in [0.1, 0.15) is 5.60 Å². The number of nitrogens with one attached hydrogen (secondary N) is 1. The van der Waals surface area contributed by atoms with Crippen molar-refractivity contribution in [1.82, 2.24) is 9.88 Å². The molecule has 0 spiro atoms. The molecule has 0 atom stereocenters. The normalized spacial score (nSPS) is 14.3. The summed E-state index contributed by atoms with van der Waals surface area (Å²) >= 11 is 1.47. The summed E-state index contributed by atoms with van der Waals surface area (Å²) in [7, 11) is 0. The molecule has 3 aromatic rings. The molecule has 0 aliphatic carbocycles. The molecular formula is C26H29N3O3S. The Hall–Kier alpha value is -3.19. The third kappa shape index (κ3) is 5.79. The van der Waals surface area contributed by atoms with Crippen LogP contribution in [-0.2, 0) is 4.74 Å². The number of carbonyl (C=O) groups excluding carboxylic acids is 2. The lowest BCUT2D eigenvalue weighted by molar-refractivity contribution is 0.0237. The van der Waals surface area contributed by atoms with Crippen molar-refractivity contribution in [1.29, 1.82) is 0 Å². The Labute approximate surface area is 198 Å².